The van der Waals surface area contributed by atoms with Crippen molar-refractivity contribution in [3.63, 3.8) is 0 Å². The second kappa shape index (κ2) is 13.3. The van der Waals surface area contributed by atoms with E-state index < -0.39 is 0 Å². The van der Waals surface area contributed by atoms with Gasteiger partial charge in [0.1, 0.15) is 17.4 Å². The molecule has 202 valence electrons. The Morgan fingerprint density at radius 2 is 1.82 bits per heavy atom. The number of rotatable bonds is 11. The van der Waals surface area contributed by atoms with Crippen LogP contribution in [0.4, 0.5) is 9.52 Å². The number of benzene rings is 2. The van der Waals surface area contributed by atoms with Crippen LogP contribution in [0.5, 0.6) is 0 Å². The molecule has 1 amide bonds. The summed E-state index contributed by atoms with van der Waals surface area (Å²) in [5, 5.41) is 0.742. The number of furan rings is 1. The standard InChI is InChI=1S/C30H32FN5O2S/c31-26-12-10-25(11-13-26)22-28-32-30(39-33-28)36(23-27-9-5-21-38-27)16-14-29(37)35-19-17-34(18-20-35)15-4-8-24-6-2-1-3-7-24/h1-13,21H,14-20,22-23H2. The van der Waals surface area contributed by atoms with Gasteiger partial charge in [-0.25, -0.2) is 9.37 Å². The van der Waals surface area contributed by atoms with Gasteiger partial charge >= 0.3 is 0 Å². The molecule has 39 heavy (non-hydrogen) atoms. The van der Waals surface area contributed by atoms with Crippen molar-refractivity contribution >= 4 is 28.6 Å². The zero-order chi connectivity index (χ0) is 26.9. The molecular formula is C30H32FN5O2S. The van der Waals surface area contributed by atoms with Gasteiger partial charge in [-0.15, -0.1) is 0 Å². The van der Waals surface area contributed by atoms with E-state index in [-0.39, 0.29) is 11.7 Å². The first-order valence-electron chi connectivity index (χ1n) is 13.2. The minimum absolute atomic E-state index is 0.148. The largest absolute Gasteiger partial charge is 0.467 e. The molecule has 0 unspecified atom stereocenters. The van der Waals surface area contributed by atoms with Gasteiger partial charge in [0.15, 0.2) is 0 Å². The van der Waals surface area contributed by atoms with Gasteiger partial charge in [-0.05, 0) is 35.4 Å². The van der Waals surface area contributed by atoms with Gasteiger partial charge in [0.05, 0.1) is 12.8 Å². The Hall–Kier alpha value is -3.82. The van der Waals surface area contributed by atoms with Gasteiger partial charge in [-0.1, -0.05) is 54.6 Å². The van der Waals surface area contributed by atoms with Crippen LogP contribution in [0.15, 0.2) is 83.5 Å². The molecule has 0 saturated carbocycles. The quantitative estimate of drug-likeness (QED) is 0.261. The fourth-order valence-corrected chi connectivity index (χ4v) is 5.24. The second-order valence-corrected chi connectivity index (χ2v) is 10.3. The highest BCUT2D eigenvalue weighted by molar-refractivity contribution is 7.09. The zero-order valence-electron chi connectivity index (χ0n) is 21.8. The van der Waals surface area contributed by atoms with Crippen molar-refractivity contribution in [3.8, 4) is 0 Å². The molecule has 0 radical (unpaired) electrons. The van der Waals surface area contributed by atoms with Crippen LogP contribution < -0.4 is 4.90 Å². The van der Waals surface area contributed by atoms with E-state index in [1.54, 1.807) is 18.4 Å². The van der Waals surface area contributed by atoms with E-state index in [9.17, 15) is 9.18 Å². The van der Waals surface area contributed by atoms with Crippen molar-refractivity contribution in [2.24, 2.45) is 0 Å². The van der Waals surface area contributed by atoms with Crippen molar-refractivity contribution < 1.29 is 13.6 Å². The summed E-state index contributed by atoms with van der Waals surface area (Å²) in [5.41, 5.74) is 2.15. The molecule has 7 nitrogen and oxygen atoms in total. The SMILES string of the molecule is O=C(CCN(Cc1ccco1)c1nc(Cc2ccc(F)cc2)ns1)N1CCN(CC=Cc2ccccc2)CC1. The average molecular weight is 546 g/mol. The first-order valence-corrected chi connectivity index (χ1v) is 14.0. The first-order chi connectivity index (χ1) is 19.1. The van der Waals surface area contributed by atoms with E-state index in [2.05, 4.69) is 33.6 Å². The van der Waals surface area contributed by atoms with E-state index in [1.807, 2.05) is 40.1 Å². The van der Waals surface area contributed by atoms with Crippen molar-refractivity contribution in [1.29, 1.82) is 0 Å². The smallest absolute Gasteiger partial charge is 0.224 e. The predicted octanol–water partition coefficient (Wildman–Crippen LogP) is 5.12. The Bertz CT molecular complexity index is 1330. The van der Waals surface area contributed by atoms with E-state index >= 15 is 0 Å². The Morgan fingerprint density at radius 1 is 1.03 bits per heavy atom. The van der Waals surface area contributed by atoms with E-state index in [1.165, 1.54) is 29.2 Å². The Labute approximate surface area is 232 Å². The summed E-state index contributed by atoms with van der Waals surface area (Å²) in [6.07, 6.45) is 6.89. The summed E-state index contributed by atoms with van der Waals surface area (Å²) in [4.78, 5) is 24.2. The summed E-state index contributed by atoms with van der Waals surface area (Å²) >= 11 is 1.31. The lowest BCUT2D eigenvalue weighted by Crippen LogP contribution is -2.49. The maximum atomic E-state index is 13.2. The number of halogens is 1. The maximum Gasteiger partial charge on any atom is 0.224 e. The lowest BCUT2D eigenvalue weighted by atomic mass is 10.1. The van der Waals surface area contributed by atoms with Crippen molar-refractivity contribution in [2.45, 2.75) is 19.4 Å². The van der Waals surface area contributed by atoms with Crippen LogP contribution >= 0.6 is 11.5 Å². The molecule has 0 bridgehead atoms. The molecular weight excluding hydrogens is 513 g/mol. The van der Waals surface area contributed by atoms with Gasteiger partial charge in [-0.3, -0.25) is 9.69 Å². The second-order valence-electron chi connectivity index (χ2n) is 9.54. The normalized spacial score (nSPS) is 14.2. The number of hydrogen-bond acceptors (Lipinski definition) is 7. The highest BCUT2D eigenvalue weighted by atomic mass is 32.1. The van der Waals surface area contributed by atoms with Crippen LogP contribution in [-0.2, 0) is 17.8 Å². The lowest BCUT2D eigenvalue weighted by molar-refractivity contribution is -0.132. The number of carbonyl (C=O) groups is 1. The number of hydrogen-bond donors (Lipinski definition) is 0. The predicted molar refractivity (Wildman–Crippen MR) is 152 cm³/mol. The number of anilines is 1. The van der Waals surface area contributed by atoms with E-state index in [4.69, 9.17) is 9.40 Å². The van der Waals surface area contributed by atoms with Crippen LogP contribution in [0.2, 0.25) is 0 Å². The van der Waals surface area contributed by atoms with Gasteiger partial charge in [0.2, 0.25) is 11.0 Å². The molecule has 3 heterocycles. The Balaban J connectivity index is 1.13. The van der Waals surface area contributed by atoms with Gasteiger partial charge in [-0.2, -0.15) is 4.37 Å². The molecule has 5 rings (SSSR count). The molecule has 0 spiro atoms. The molecule has 0 atom stereocenters. The topological polar surface area (TPSA) is 65.7 Å². The highest BCUT2D eigenvalue weighted by Gasteiger charge is 2.22. The lowest BCUT2D eigenvalue weighted by Gasteiger charge is -2.34. The van der Waals surface area contributed by atoms with Gasteiger partial charge in [0.25, 0.3) is 0 Å². The number of nitrogens with zero attached hydrogens (tertiary/aromatic N) is 5. The summed E-state index contributed by atoms with van der Waals surface area (Å²) < 4.78 is 23.3. The maximum absolute atomic E-state index is 13.2. The molecule has 1 aliphatic heterocycles. The van der Waals surface area contributed by atoms with Crippen LogP contribution in [0.3, 0.4) is 0 Å². The van der Waals surface area contributed by atoms with Crippen molar-refractivity contribution in [1.82, 2.24) is 19.2 Å². The monoisotopic (exact) mass is 545 g/mol. The van der Waals surface area contributed by atoms with Crippen molar-refractivity contribution in [3.05, 3.63) is 108 Å². The molecule has 1 aliphatic rings. The molecule has 1 fully saturated rings. The molecule has 4 aromatic rings. The van der Waals surface area contributed by atoms with E-state index in [0.29, 0.717) is 31.8 Å². The zero-order valence-corrected chi connectivity index (χ0v) is 22.6. The molecule has 0 aliphatic carbocycles. The molecule has 0 N–H and O–H groups in total. The van der Waals surface area contributed by atoms with Crippen molar-refractivity contribution in [2.75, 3.05) is 44.2 Å². The third-order valence-electron chi connectivity index (χ3n) is 6.72. The average Bonchev–Trinajstić information content (AvgIpc) is 3.65. The number of carbonyl (C=O) groups excluding carboxylic acids is 1. The van der Waals surface area contributed by atoms with Crippen LogP contribution in [-0.4, -0.2) is 64.3 Å². The fraction of sp³-hybridized carbons (Fsp3) is 0.300. The van der Waals surface area contributed by atoms with Crippen LogP contribution in [0, 0.1) is 5.82 Å². The molecule has 2 aromatic carbocycles. The summed E-state index contributed by atoms with van der Waals surface area (Å²) in [6.45, 7) is 5.10. The molecule has 1 saturated heterocycles. The minimum atomic E-state index is -0.263. The van der Waals surface area contributed by atoms with Gasteiger partial charge in [0, 0.05) is 63.6 Å². The van der Waals surface area contributed by atoms with E-state index in [0.717, 1.165) is 49.2 Å². The Kier molecular flexibility index (Phi) is 9.13. The fourth-order valence-electron chi connectivity index (χ4n) is 4.53. The number of amides is 1. The number of piperazine rings is 1. The minimum Gasteiger partial charge on any atom is -0.467 e. The summed E-state index contributed by atoms with van der Waals surface area (Å²) in [6, 6.07) is 20.4. The third-order valence-corrected chi connectivity index (χ3v) is 7.54. The molecule has 2 aromatic heterocycles. The van der Waals surface area contributed by atoms with Crippen LogP contribution in [0.1, 0.15) is 29.1 Å². The number of aromatic nitrogens is 2. The molecule has 9 heteroatoms. The van der Waals surface area contributed by atoms with Gasteiger partial charge < -0.3 is 14.2 Å². The first kappa shape index (κ1) is 26.8. The highest BCUT2D eigenvalue weighted by Crippen LogP contribution is 2.22. The summed E-state index contributed by atoms with van der Waals surface area (Å²) in [7, 11) is 0. The summed E-state index contributed by atoms with van der Waals surface area (Å²) in [5.74, 6) is 1.36. The third kappa shape index (κ3) is 7.84. The Morgan fingerprint density at radius 3 is 2.56 bits per heavy atom. The van der Waals surface area contributed by atoms with Crippen LogP contribution in [0.25, 0.3) is 6.08 Å².